The Hall–Kier alpha value is -0.180. The molecule has 0 aromatic carbocycles. The van der Waals surface area contributed by atoms with Crippen LogP contribution in [0.25, 0.3) is 0 Å². The van der Waals surface area contributed by atoms with Crippen molar-refractivity contribution in [3.8, 4) is 0 Å². The minimum absolute atomic E-state index is 0.127. The third-order valence-corrected chi connectivity index (χ3v) is 7.05. The van der Waals surface area contributed by atoms with Crippen LogP contribution >= 0.6 is 0 Å². The Bertz CT molecular complexity index is 464. The summed E-state index contributed by atoms with van der Waals surface area (Å²) in [4.78, 5) is 0. The van der Waals surface area contributed by atoms with Gasteiger partial charge in [-0.25, -0.2) is 16.8 Å². The molecule has 1 fully saturated rings. The summed E-state index contributed by atoms with van der Waals surface area (Å²) < 4.78 is 47.9. The predicted molar refractivity (Wildman–Crippen MR) is 71.5 cm³/mol. The number of hydrogen-bond donors (Lipinski definition) is 1. The van der Waals surface area contributed by atoms with Crippen LogP contribution in [0.5, 0.6) is 0 Å². The number of sulfonamides is 1. The van der Waals surface area contributed by atoms with Crippen LogP contribution in [0.15, 0.2) is 0 Å². The Morgan fingerprint density at radius 3 is 2.28 bits per heavy atom. The number of hydrogen-bond acceptors (Lipinski definition) is 5. The van der Waals surface area contributed by atoms with Gasteiger partial charge in [0.2, 0.25) is 10.0 Å². The molecule has 1 heterocycles. The second-order valence-corrected chi connectivity index (χ2v) is 9.54. The van der Waals surface area contributed by atoms with E-state index in [1.165, 1.54) is 4.31 Å². The summed E-state index contributed by atoms with van der Waals surface area (Å²) in [6.07, 6.45) is 2.90. The van der Waals surface area contributed by atoms with Gasteiger partial charge < -0.3 is 5.32 Å². The third-order valence-electron chi connectivity index (χ3n) is 2.86. The van der Waals surface area contributed by atoms with Gasteiger partial charge in [-0.05, 0) is 33.2 Å². The summed E-state index contributed by atoms with van der Waals surface area (Å²) in [5.74, 6) is 0. The monoisotopic (exact) mass is 298 g/mol. The van der Waals surface area contributed by atoms with Gasteiger partial charge >= 0.3 is 0 Å². The molecular formula is C10H22N2O4S2. The lowest BCUT2D eigenvalue weighted by Crippen LogP contribution is -2.46. The molecule has 0 spiro atoms. The van der Waals surface area contributed by atoms with Crippen LogP contribution < -0.4 is 5.32 Å². The van der Waals surface area contributed by atoms with Gasteiger partial charge in [0.1, 0.15) is 0 Å². The highest BCUT2D eigenvalue weighted by molar-refractivity contribution is 8.06. The van der Waals surface area contributed by atoms with Crippen molar-refractivity contribution in [1.82, 2.24) is 9.62 Å². The average Bonchev–Trinajstić information content (AvgIpc) is 2.61. The molecular weight excluding hydrogens is 276 g/mol. The molecule has 0 aliphatic carbocycles. The molecule has 1 N–H and O–H groups in total. The third kappa shape index (κ3) is 4.83. The first-order chi connectivity index (χ1) is 8.12. The van der Waals surface area contributed by atoms with E-state index >= 15 is 0 Å². The molecule has 1 unspecified atom stereocenters. The first kappa shape index (κ1) is 15.9. The van der Waals surface area contributed by atoms with Crippen LogP contribution in [0.1, 0.15) is 26.7 Å². The summed E-state index contributed by atoms with van der Waals surface area (Å²) in [6.45, 7) is 4.75. The van der Waals surface area contributed by atoms with Gasteiger partial charge in [0, 0.05) is 24.9 Å². The van der Waals surface area contributed by atoms with Crippen LogP contribution in [0.4, 0.5) is 0 Å². The molecule has 8 heteroatoms. The molecule has 18 heavy (non-hydrogen) atoms. The number of nitrogens with zero attached hydrogens (tertiary/aromatic N) is 1. The molecule has 1 saturated heterocycles. The zero-order chi connectivity index (χ0) is 14.0. The minimum Gasteiger partial charge on any atom is -0.313 e. The Kier molecular flexibility index (Phi) is 5.16. The summed E-state index contributed by atoms with van der Waals surface area (Å²) in [6, 6.07) is -0.110. The largest absolute Gasteiger partial charge is 0.313 e. The first-order valence-corrected chi connectivity index (χ1v) is 9.69. The molecule has 0 bridgehead atoms. The van der Waals surface area contributed by atoms with Gasteiger partial charge in [-0.15, -0.1) is 0 Å². The number of nitrogens with one attached hydrogen (secondary N) is 1. The van der Waals surface area contributed by atoms with E-state index in [1.54, 1.807) is 13.8 Å². The summed E-state index contributed by atoms with van der Waals surface area (Å²) in [5, 5.41) is 2.41. The average molecular weight is 298 g/mol. The minimum atomic E-state index is -3.76. The van der Waals surface area contributed by atoms with Crippen molar-refractivity contribution < 1.29 is 16.8 Å². The molecule has 1 aliphatic heterocycles. The normalized spacial score (nSPS) is 21.9. The van der Waals surface area contributed by atoms with Crippen molar-refractivity contribution >= 4 is 19.9 Å². The van der Waals surface area contributed by atoms with E-state index in [9.17, 15) is 16.8 Å². The van der Waals surface area contributed by atoms with Crippen LogP contribution in [0.3, 0.4) is 0 Å². The molecule has 108 valence electrons. The van der Waals surface area contributed by atoms with Crippen LogP contribution in [-0.2, 0) is 19.9 Å². The van der Waals surface area contributed by atoms with Gasteiger partial charge in [0.15, 0.2) is 14.9 Å². The molecule has 1 atom stereocenters. The first-order valence-electron chi connectivity index (χ1n) is 6.02. The fourth-order valence-corrected chi connectivity index (χ4v) is 5.87. The maximum absolute atomic E-state index is 12.1. The SMILES string of the molecule is CC(C)N(CC1CCCN1)S(=O)(=O)CS(C)(=O)=O. The Balaban J connectivity index is 2.83. The predicted octanol–water partition coefficient (Wildman–Crippen LogP) is -0.219. The molecule has 1 aliphatic rings. The smallest absolute Gasteiger partial charge is 0.228 e. The van der Waals surface area contributed by atoms with Gasteiger partial charge in [-0.1, -0.05) is 0 Å². The van der Waals surface area contributed by atoms with Gasteiger partial charge in [-0.3, -0.25) is 0 Å². The van der Waals surface area contributed by atoms with E-state index in [0.717, 1.165) is 25.6 Å². The lowest BCUT2D eigenvalue weighted by Gasteiger charge is -2.28. The lowest BCUT2D eigenvalue weighted by atomic mass is 10.2. The zero-order valence-corrected chi connectivity index (χ0v) is 12.7. The topological polar surface area (TPSA) is 83.6 Å². The van der Waals surface area contributed by atoms with Gasteiger partial charge in [-0.2, -0.15) is 4.31 Å². The summed E-state index contributed by atoms with van der Waals surface area (Å²) >= 11 is 0. The number of sulfone groups is 1. The molecule has 0 aromatic heterocycles. The van der Waals surface area contributed by atoms with Crippen molar-refractivity contribution in [3.05, 3.63) is 0 Å². The molecule has 6 nitrogen and oxygen atoms in total. The molecule has 0 radical (unpaired) electrons. The van der Waals surface area contributed by atoms with Crippen LogP contribution in [-0.4, -0.2) is 57.7 Å². The molecule has 0 amide bonds. The summed E-state index contributed by atoms with van der Waals surface area (Å²) in [7, 11) is -7.31. The van der Waals surface area contributed by atoms with E-state index in [-0.39, 0.29) is 12.1 Å². The van der Waals surface area contributed by atoms with Crippen molar-refractivity contribution in [2.45, 2.75) is 38.8 Å². The zero-order valence-electron chi connectivity index (χ0n) is 11.1. The van der Waals surface area contributed by atoms with E-state index in [1.807, 2.05) is 0 Å². The maximum Gasteiger partial charge on any atom is 0.228 e. The summed E-state index contributed by atoms with van der Waals surface area (Å²) in [5.41, 5.74) is 0. The second kappa shape index (κ2) is 5.85. The molecule has 0 saturated carbocycles. The molecule has 0 aromatic rings. The van der Waals surface area contributed by atoms with Gasteiger partial charge in [0.25, 0.3) is 0 Å². The standard InChI is InChI=1S/C10H22N2O4S2/c1-9(2)12(7-10-5-4-6-11-10)18(15,16)8-17(3,13)14/h9-11H,4-8H2,1-3H3. The highest BCUT2D eigenvalue weighted by Crippen LogP contribution is 2.14. The van der Waals surface area contributed by atoms with Crippen molar-refractivity contribution in [3.63, 3.8) is 0 Å². The van der Waals surface area contributed by atoms with Crippen LogP contribution in [0, 0.1) is 0 Å². The second-order valence-electron chi connectivity index (χ2n) is 5.11. The highest BCUT2D eigenvalue weighted by Gasteiger charge is 2.31. The van der Waals surface area contributed by atoms with E-state index in [2.05, 4.69) is 5.32 Å². The maximum atomic E-state index is 12.1. The Morgan fingerprint density at radius 2 is 1.89 bits per heavy atom. The Morgan fingerprint density at radius 1 is 1.28 bits per heavy atom. The Labute approximate surface area is 110 Å². The molecule has 1 rings (SSSR count). The van der Waals surface area contributed by atoms with Crippen molar-refractivity contribution in [2.75, 3.05) is 24.4 Å². The quantitative estimate of drug-likeness (QED) is 0.733. The van der Waals surface area contributed by atoms with Crippen molar-refractivity contribution in [2.24, 2.45) is 0 Å². The van der Waals surface area contributed by atoms with Gasteiger partial charge in [0.05, 0.1) is 0 Å². The van der Waals surface area contributed by atoms with Crippen LogP contribution in [0.2, 0.25) is 0 Å². The fraction of sp³-hybridized carbons (Fsp3) is 1.00. The van der Waals surface area contributed by atoms with E-state index in [4.69, 9.17) is 0 Å². The highest BCUT2D eigenvalue weighted by atomic mass is 32.3. The number of rotatable bonds is 6. The fourth-order valence-electron chi connectivity index (χ4n) is 2.11. The lowest BCUT2D eigenvalue weighted by molar-refractivity contribution is 0.324. The van der Waals surface area contributed by atoms with E-state index in [0.29, 0.717) is 6.54 Å². The van der Waals surface area contributed by atoms with E-state index < -0.39 is 24.9 Å². The van der Waals surface area contributed by atoms with Crippen molar-refractivity contribution in [1.29, 1.82) is 0 Å².